The van der Waals surface area contributed by atoms with Crippen LogP contribution in [0.25, 0.3) is 0 Å². The normalized spacial score (nSPS) is 19.8. The van der Waals surface area contributed by atoms with E-state index < -0.39 is 11.3 Å². The number of nitrogens with zero attached hydrogens (tertiary/aromatic N) is 1. The van der Waals surface area contributed by atoms with Gasteiger partial charge in [-0.3, -0.25) is 19.3 Å². The van der Waals surface area contributed by atoms with E-state index in [0.29, 0.717) is 10.7 Å². The molecular formula is C17H18BrClN2O3. The molecule has 0 bridgehead atoms. The van der Waals surface area contributed by atoms with Crippen molar-refractivity contribution in [3.05, 3.63) is 27.7 Å². The maximum Gasteiger partial charge on any atom is 0.244 e. The van der Waals surface area contributed by atoms with E-state index in [9.17, 15) is 14.4 Å². The summed E-state index contributed by atoms with van der Waals surface area (Å²) in [6.45, 7) is -0.258. The van der Waals surface area contributed by atoms with Gasteiger partial charge in [-0.15, -0.1) is 0 Å². The van der Waals surface area contributed by atoms with Gasteiger partial charge in [-0.25, -0.2) is 0 Å². The van der Waals surface area contributed by atoms with Gasteiger partial charge in [-0.05, 0) is 31.0 Å². The van der Waals surface area contributed by atoms with Gasteiger partial charge < -0.3 is 5.32 Å². The minimum Gasteiger partial charge on any atom is -0.323 e. The van der Waals surface area contributed by atoms with Crippen LogP contribution in [-0.4, -0.2) is 29.2 Å². The van der Waals surface area contributed by atoms with E-state index in [1.54, 1.807) is 18.2 Å². The second-order valence-electron chi connectivity index (χ2n) is 6.48. The lowest BCUT2D eigenvalue weighted by Crippen LogP contribution is -2.41. The smallest absolute Gasteiger partial charge is 0.244 e. The summed E-state index contributed by atoms with van der Waals surface area (Å²) < 4.78 is 0.801. The fourth-order valence-electron chi connectivity index (χ4n) is 3.56. The van der Waals surface area contributed by atoms with Crippen LogP contribution in [0.1, 0.15) is 38.5 Å². The molecule has 1 aliphatic heterocycles. The zero-order chi connectivity index (χ0) is 17.3. The second kappa shape index (κ2) is 6.84. The molecule has 1 aliphatic carbocycles. The molecule has 0 atom stereocenters. The molecule has 1 aromatic rings. The van der Waals surface area contributed by atoms with Crippen molar-refractivity contribution in [2.75, 3.05) is 11.9 Å². The Bertz CT molecular complexity index is 701. The Balaban J connectivity index is 1.68. The number of carbonyl (C=O) groups is 3. The lowest BCUT2D eigenvalue weighted by molar-refractivity contribution is -0.144. The predicted octanol–water partition coefficient (Wildman–Crippen LogP) is 3.75. The zero-order valence-corrected chi connectivity index (χ0v) is 15.5. The van der Waals surface area contributed by atoms with E-state index in [4.69, 9.17) is 11.6 Å². The third kappa shape index (κ3) is 3.35. The fraction of sp³-hybridized carbons (Fsp3) is 0.471. The maximum atomic E-state index is 12.7. The summed E-state index contributed by atoms with van der Waals surface area (Å²) in [6, 6.07) is 5.09. The molecular weight excluding hydrogens is 396 g/mol. The molecule has 128 valence electrons. The van der Waals surface area contributed by atoms with E-state index in [1.165, 1.54) is 0 Å². The van der Waals surface area contributed by atoms with Gasteiger partial charge in [0.25, 0.3) is 0 Å². The van der Waals surface area contributed by atoms with Gasteiger partial charge in [0.05, 0.1) is 16.1 Å². The van der Waals surface area contributed by atoms with Gasteiger partial charge in [-0.1, -0.05) is 46.8 Å². The van der Waals surface area contributed by atoms with Crippen molar-refractivity contribution in [3.8, 4) is 0 Å². The number of carbonyl (C=O) groups excluding carboxylic acids is 3. The molecule has 0 radical (unpaired) electrons. The Hall–Kier alpha value is -1.40. The molecule has 3 amide bonds. The Morgan fingerprint density at radius 1 is 1.25 bits per heavy atom. The van der Waals surface area contributed by atoms with E-state index in [1.807, 2.05) is 0 Å². The van der Waals surface area contributed by atoms with Crippen LogP contribution in [0, 0.1) is 5.41 Å². The zero-order valence-electron chi connectivity index (χ0n) is 13.1. The molecule has 1 saturated carbocycles. The molecule has 0 unspecified atom stereocenters. The number of rotatable bonds is 3. The Morgan fingerprint density at radius 2 is 1.96 bits per heavy atom. The highest BCUT2D eigenvalue weighted by Crippen LogP contribution is 2.45. The molecule has 1 saturated heterocycles. The number of amides is 3. The molecule has 5 nitrogen and oxygen atoms in total. The Labute approximate surface area is 153 Å². The van der Waals surface area contributed by atoms with Crippen molar-refractivity contribution >= 4 is 50.9 Å². The first-order valence-electron chi connectivity index (χ1n) is 8.01. The van der Waals surface area contributed by atoms with Gasteiger partial charge in [0, 0.05) is 10.9 Å². The van der Waals surface area contributed by atoms with Crippen LogP contribution in [0.15, 0.2) is 22.7 Å². The monoisotopic (exact) mass is 412 g/mol. The molecule has 1 N–H and O–H groups in total. The van der Waals surface area contributed by atoms with Crippen molar-refractivity contribution in [2.24, 2.45) is 5.41 Å². The summed E-state index contributed by atoms with van der Waals surface area (Å²) in [6.07, 6.45) is 4.76. The van der Waals surface area contributed by atoms with Gasteiger partial charge in [-0.2, -0.15) is 0 Å². The molecule has 3 rings (SSSR count). The first-order chi connectivity index (χ1) is 11.4. The molecule has 2 fully saturated rings. The second-order valence-corrected chi connectivity index (χ2v) is 7.80. The standard InChI is InChI=1S/C17H18BrClN2O3/c18-11-4-5-13(12(19)8-11)20-14(22)10-21-15(23)9-17(16(21)24)6-2-1-3-7-17/h4-5,8H,1-3,6-7,9-10H2,(H,20,22). The number of likely N-dealkylation sites (tertiary alicyclic amines) is 1. The molecule has 1 aromatic carbocycles. The van der Waals surface area contributed by atoms with Crippen LogP contribution in [0.2, 0.25) is 5.02 Å². The average Bonchev–Trinajstić information content (AvgIpc) is 2.75. The molecule has 0 aromatic heterocycles. The molecule has 2 aliphatic rings. The summed E-state index contributed by atoms with van der Waals surface area (Å²) in [4.78, 5) is 38.3. The van der Waals surface area contributed by atoms with Crippen molar-refractivity contribution < 1.29 is 14.4 Å². The van der Waals surface area contributed by atoms with Crippen molar-refractivity contribution in [3.63, 3.8) is 0 Å². The Morgan fingerprint density at radius 3 is 2.62 bits per heavy atom. The number of hydrogen-bond donors (Lipinski definition) is 1. The van der Waals surface area contributed by atoms with Crippen LogP contribution in [-0.2, 0) is 14.4 Å². The summed E-state index contributed by atoms with van der Waals surface area (Å²) in [7, 11) is 0. The quantitative estimate of drug-likeness (QED) is 0.768. The maximum absolute atomic E-state index is 12.7. The summed E-state index contributed by atoms with van der Waals surface area (Å²) >= 11 is 9.37. The molecule has 7 heteroatoms. The van der Waals surface area contributed by atoms with Gasteiger partial charge in [0.2, 0.25) is 17.7 Å². The lowest BCUT2D eigenvalue weighted by atomic mass is 9.73. The molecule has 24 heavy (non-hydrogen) atoms. The number of imide groups is 1. The van der Waals surface area contributed by atoms with Gasteiger partial charge in [0.1, 0.15) is 6.54 Å². The SMILES string of the molecule is O=C(CN1C(=O)CC2(CCCCC2)C1=O)Nc1ccc(Br)cc1Cl. The minimum absolute atomic E-state index is 0.191. The highest BCUT2D eigenvalue weighted by molar-refractivity contribution is 9.10. The van der Waals surface area contributed by atoms with Crippen LogP contribution in [0.3, 0.4) is 0 Å². The number of halogens is 2. The first-order valence-corrected chi connectivity index (χ1v) is 9.18. The van der Waals surface area contributed by atoms with Crippen LogP contribution < -0.4 is 5.32 Å². The van der Waals surface area contributed by atoms with Gasteiger partial charge >= 0.3 is 0 Å². The highest BCUT2D eigenvalue weighted by Gasteiger charge is 2.51. The van der Waals surface area contributed by atoms with E-state index in [-0.39, 0.29) is 24.8 Å². The Kier molecular flexibility index (Phi) is 4.97. The van der Waals surface area contributed by atoms with Crippen LogP contribution >= 0.6 is 27.5 Å². The fourth-order valence-corrected chi connectivity index (χ4v) is 4.28. The number of anilines is 1. The third-order valence-corrected chi connectivity index (χ3v) is 5.61. The topological polar surface area (TPSA) is 66.5 Å². The number of benzene rings is 1. The van der Waals surface area contributed by atoms with Crippen molar-refractivity contribution in [1.82, 2.24) is 4.90 Å². The molecule has 1 heterocycles. The lowest BCUT2D eigenvalue weighted by Gasteiger charge is -2.30. The molecule has 1 spiro atoms. The summed E-state index contributed by atoms with van der Waals surface area (Å²) in [5.74, 6) is -0.864. The number of hydrogen-bond acceptors (Lipinski definition) is 3. The average molecular weight is 414 g/mol. The third-order valence-electron chi connectivity index (χ3n) is 4.81. The van der Waals surface area contributed by atoms with E-state index in [2.05, 4.69) is 21.2 Å². The summed E-state index contributed by atoms with van der Waals surface area (Å²) in [5.41, 5.74) is -0.110. The van der Waals surface area contributed by atoms with Crippen LogP contribution in [0.4, 0.5) is 5.69 Å². The largest absolute Gasteiger partial charge is 0.323 e. The van der Waals surface area contributed by atoms with Crippen molar-refractivity contribution in [2.45, 2.75) is 38.5 Å². The van der Waals surface area contributed by atoms with Gasteiger partial charge in [0.15, 0.2) is 0 Å². The summed E-state index contributed by atoms with van der Waals surface area (Å²) in [5, 5.41) is 3.05. The first kappa shape index (κ1) is 17.4. The number of nitrogens with one attached hydrogen (secondary N) is 1. The highest BCUT2D eigenvalue weighted by atomic mass is 79.9. The van der Waals surface area contributed by atoms with E-state index in [0.717, 1.165) is 41.5 Å². The van der Waals surface area contributed by atoms with Crippen LogP contribution in [0.5, 0.6) is 0 Å². The predicted molar refractivity (Wildman–Crippen MR) is 94.6 cm³/mol. The minimum atomic E-state index is -0.565. The van der Waals surface area contributed by atoms with Crippen molar-refractivity contribution in [1.29, 1.82) is 0 Å². The van der Waals surface area contributed by atoms with E-state index >= 15 is 0 Å².